The van der Waals surface area contributed by atoms with Crippen LogP contribution in [0.2, 0.25) is 0 Å². The molecule has 8 nitrogen and oxygen atoms in total. The van der Waals surface area contributed by atoms with Crippen LogP contribution in [0.1, 0.15) is 24.4 Å². The number of nitrogens with zero attached hydrogens (tertiary/aromatic N) is 5. The van der Waals surface area contributed by atoms with Gasteiger partial charge in [0.05, 0.1) is 23.4 Å². The first kappa shape index (κ1) is 21.0. The summed E-state index contributed by atoms with van der Waals surface area (Å²) in [4.78, 5) is 29.5. The standard InChI is InChI=1S/C23H28N6O2/c1-17-26-19(15-21(27-17)28-13-10-24-11-14-28)16-29(12-4-8-22(30)31)20-7-2-5-18-6-3-9-25-23(18)20/h2-3,5-7,9,15,24H,4,8,10-14,16H2,1H3,(H,30,31). The Hall–Kier alpha value is -3.26. The number of aliphatic carboxylic acids is 1. The van der Waals surface area contributed by atoms with Gasteiger partial charge in [0.15, 0.2) is 0 Å². The van der Waals surface area contributed by atoms with Gasteiger partial charge in [-0.15, -0.1) is 0 Å². The van der Waals surface area contributed by atoms with E-state index in [2.05, 4.69) is 36.1 Å². The number of piperazine rings is 1. The third-order valence-corrected chi connectivity index (χ3v) is 5.44. The number of hydrogen-bond donors (Lipinski definition) is 2. The van der Waals surface area contributed by atoms with Crippen molar-refractivity contribution >= 4 is 28.4 Å². The van der Waals surface area contributed by atoms with E-state index in [9.17, 15) is 4.79 Å². The van der Waals surface area contributed by atoms with Crippen LogP contribution >= 0.6 is 0 Å². The van der Waals surface area contributed by atoms with Crippen molar-refractivity contribution in [2.75, 3.05) is 42.5 Å². The van der Waals surface area contributed by atoms with E-state index >= 15 is 0 Å². The molecule has 3 heterocycles. The molecular weight excluding hydrogens is 392 g/mol. The molecule has 1 saturated heterocycles. The van der Waals surface area contributed by atoms with Crippen LogP contribution in [0.5, 0.6) is 0 Å². The smallest absolute Gasteiger partial charge is 0.303 e. The minimum atomic E-state index is -0.783. The highest BCUT2D eigenvalue weighted by atomic mass is 16.4. The molecule has 0 amide bonds. The second-order valence-electron chi connectivity index (χ2n) is 7.77. The number of fused-ring (bicyclic) bond motifs is 1. The molecule has 1 aliphatic rings. The van der Waals surface area contributed by atoms with E-state index in [0.717, 1.165) is 60.1 Å². The molecule has 1 fully saturated rings. The van der Waals surface area contributed by atoms with Crippen LogP contribution in [0.3, 0.4) is 0 Å². The van der Waals surface area contributed by atoms with Gasteiger partial charge < -0.3 is 20.2 Å². The molecule has 0 radical (unpaired) electrons. The molecule has 0 aliphatic carbocycles. The molecule has 3 aromatic rings. The fraction of sp³-hybridized carbons (Fsp3) is 0.391. The number of carbonyl (C=O) groups is 1. The quantitative estimate of drug-likeness (QED) is 0.574. The van der Waals surface area contributed by atoms with E-state index < -0.39 is 5.97 Å². The van der Waals surface area contributed by atoms with E-state index in [1.807, 2.05) is 37.3 Å². The SMILES string of the molecule is Cc1nc(CN(CCCC(=O)O)c2cccc3cccnc23)cc(N2CCNCC2)n1. The summed E-state index contributed by atoms with van der Waals surface area (Å²) in [6, 6.07) is 12.1. The first-order chi connectivity index (χ1) is 15.1. The maximum Gasteiger partial charge on any atom is 0.303 e. The van der Waals surface area contributed by atoms with Crippen LogP contribution in [0.15, 0.2) is 42.6 Å². The summed E-state index contributed by atoms with van der Waals surface area (Å²) >= 11 is 0. The van der Waals surface area contributed by atoms with Crippen LogP contribution in [0.25, 0.3) is 10.9 Å². The summed E-state index contributed by atoms with van der Waals surface area (Å²) in [7, 11) is 0. The highest BCUT2D eigenvalue weighted by Crippen LogP contribution is 2.27. The van der Waals surface area contributed by atoms with Gasteiger partial charge in [0.2, 0.25) is 0 Å². The highest BCUT2D eigenvalue weighted by molar-refractivity contribution is 5.90. The second-order valence-corrected chi connectivity index (χ2v) is 7.77. The van der Waals surface area contributed by atoms with Gasteiger partial charge >= 0.3 is 5.97 Å². The Balaban J connectivity index is 1.64. The minimum Gasteiger partial charge on any atom is -0.481 e. The first-order valence-corrected chi connectivity index (χ1v) is 10.7. The van der Waals surface area contributed by atoms with Crippen LogP contribution in [0.4, 0.5) is 11.5 Å². The van der Waals surface area contributed by atoms with Crippen molar-refractivity contribution in [1.82, 2.24) is 20.3 Å². The molecule has 0 saturated carbocycles. The lowest BCUT2D eigenvalue weighted by Gasteiger charge is -2.29. The van der Waals surface area contributed by atoms with Crippen molar-refractivity contribution in [1.29, 1.82) is 0 Å². The van der Waals surface area contributed by atoms with Gasteiger partial charge in [-0.2, -0.15) is 0 Å². The summed E-state index contributed by atoms with van der Waals surface area (Å²) in [5, 5.41) is 13.5. The Bertz CT molecular complexity index is 1050. The number of aryl methyl sites for hydroxylation is 1. The van der Waals surface area contributed by atoms with Crippen LogP contribution in [0, 0.1) is 6.92 Å². The molecule has 2 N–H and O–H groups in total. The predicted molar refractivity (Wildman–Crippen MR) is 122 cm³/mol. The molecule has 2 aromatic heterocycles. The third-order valence-electron chi connectivity index (χ3n) is 5.44. The number of benzene rings is 1. The Labute approximate surface area is 181 Å². The zero-order valence-electron chi connectivity index (χ0n) is 17.8. The van der Waals surface area contributed by atoms with Gasteiger partial charge in [0, 0.05) is 56.8 Å². The van der Waals surface area contributed by atoms with Crippen LogP contribution in [-0.2, 0) is 11.3 Å². The van der Waals surface area contributed by atoms with Gasteiger partial charge in [-0.25, -0.2) is 9.97 Å². The molecule has 162 valence electrons. The number of aromatic nitrogens is 3. The van der Waals surface area contributed by atoms with Gasteiger partial charge in [0.1, 0.15) is 11.6 Å². The number of para-hydroxylation sites is 1. The fourth-order valence-corrected chi connectivity index (χ4v) is 3.99. The minimum absolute atomic E-state index is 0.128. The number of carboxylic acids is 1. The molecule has 0 atom stereocenters. The maximum atomic E-state index is 11.1. The summed E-state index contributed by atoms with van der Waals surface area (Å²) in [5.41, 5.74) is 2.82. The van der Waals surface area contributed by atoms with Gasteiger partial charge in [0.25, 0.3) is 0 Å². The molecule has 1 aromatic carbocycles. The number of pyridine rings is 1. The molecule has 4 rings (SSSR count). The average Bonchev–Trinajstić information content (AvgIpc) is 2.78. The number of rotatable bonds is 8. The van der Waals surface area contributed by atoms with E-state index in [0.29, 0.717) is 19.5 Å². The lowest BCUT2D eigenvalue weighted by atomic mass is 10.1. The number of carboxylic acid groups (broad SMARTS) is 1. The lowest BCUT2D eigenvalue weighted by Crippen LogP contribution is -2.44. The van der Waals surface area contributed by atoms with Gasteiger partial charge in [-0.05, 0) is 25.5 Å². The normalized spacial score (nSPS) is 14.0. The molecule has 1 aliphatic heterocycles. The van der Waals surface area contributed by atoms with Crippen LogP contribution < -0.4 is 15.1 Å². The summed E-state index contributed by atoms with van der Waals surface area (Å²) in [5.74, 6) is 0.910. The van der Waals surface area contributed by atoms with Crippen LogP contribution in [-0.4, -0.2) is 58.8 Å². The van der Waals surface area contributed by atoms with Gasteiger partial charge in [-0.3, -0.25) is 9.78 Å². The fourth-order valence-electron chi connectivity index (χ4n) is 3.99. The van der Waals surface area contributed by atoms with Crippen molar-refractivity contribution in [2.45, 2.75) is 26.3 Å². The highest BCUT2D eigenvalue weighted by Gasteiger charge is 2.17. The van der Waals surface area contributed by atoms with Crippen molar-refractivity contribution in [3.05, 3.63) is 54.1 Å². The van der Waals surface area contributed by atoms with E-state index in [-0.39, 0.29) is 6.42 Å². The second kappa shape index (κ2) is 9.70. The Morgan fingerprint density at radius 1 is 1.19 bits per heavy atom. The zero-order valence-corrected chi connectivity index (χ0v) is 17.8. The Morgan fingerprint density at radius 2 is 2.00 bits per heavy atom. The van der Waals surface area contributed by atoms with Crippen molar-refractivity contribution in [3.63, 3.8) is 0 Å². The summed E-state index contributed by atoms with van der Waals surface area (Å²) in [6.45, 7) is 6.83. The topological polar surface area (TPSA) is 94.5 Å². The van der Waals surface area contributed by atoms with Crippen molar-refractivity contribution < 1.29 is 9.90 Å². The molecular formula is C23H28N6O2. The molecule has 0 spiro atoms. The average molecular weight is 421 g/mol. The van der Waals surface area contributed by atoms with E-state index in [1.165, 1.54) is 0 Å². The predicted octanol–water partition coefficient (Wildman–Crippen LogP) is 2.61. The van der Waals surface area contributed by atoms with Crippen molar-refractivity contribution in [2.24, 2.45) is 0 Å². The number of nitrogens with one attached hydrogen (secondary N) is 1. The lowest BCUT2D eigenvalue weighted by molar-refractivity contribution is -0.137. The maximum absolute atomic E-state index is 11.1. The molecule has 8 heteroatoms. The zero-order chi connectivity index (χ0) is 21.6. The number of hydrogen-bond acceptors (Lipinski definition) is 7. The van der Waals surface area contributed by atoms with E-state index in [1.54, 1.807) is 6.20 Å². The third kappa shape index (κ3) is 5.27. The summed E-state index contributed by atoms with van der Waals surface area (Å²) in [6.07, 6.45) is 2.47. The van der Waals surface area contributed by atoms with Crippen molar-refractivity contribution in [3.8, 4) is 0 Å². The Morgan fingerprint density at radius 3 is 2.81 bits per heavy atom. The molecule has 31 heavy (non-hydrogen) atoms. The molecule has 0 bridgehead atoms. The number of anilines is 2. The first-order valence-electron chi connectivity index (χ1n) is 10.7. The Kier molecular flexibility index (Phi) is 6.57. The summed E-state index contributed by atoms with van der Waals surface area (Å²) < 4.78 is 0. The largest absolute Gasteiger partial charge is 0.481 e. The van der Waals surface area contributed by atoms with E-state index in [4.69, 9.17) is 5.11 Å². The van der Waals surface area contributed by atoms with Gasteiger partial charge in [-0.1, -0.05) is 18.2 Å². The molecule has 0 unspecified atom stereocenters. The monoisotopic (exact) mass is 420 g/mol.